The lowest BCUT2D eigenvalue weighted by molar-refractivity contribution is -0.344. The number of nitrogens with zero attached hydrogens (tertiary/aromatic N) is 3. The number of aromatic nitrogens is 1. The molecular formula is C23H24F6N4O4S. The van der Waals surface area contributed by atoms with Crippen LogP contribution in [0.2, 0.25) is 0 Å². The molecule has 208 valence electrons. The van der Waals surface area contributed by atoms with Crippen LogP contribution in [0, 0.1) is 11.6 Å². The third-order valence-corrected chi connectivity index (χ3v) is 8.23. The van der Waals surface area contributed by atoms with E-state index in [0.29, 0.717) is 0 Å². The zero-order valence-electron chi connectivity index (χ0n) is 19.8. The van der Waals surface area contributed by atoms with Crippen LogP contribution in [0.25, 0.3) is 0 Å². The summed E-state index contributed by atoms with van der Waals surface area (Å²) in [5.74, 6) is -2.16. The average molecular weight is 567 g/mol. The highest BCUT2D eigenvalue weighted by Gasteiger charge is 2.44. The van der Waals surface area contributed by atoms with Crippen LogP contribution >= 0.6 is 0 Å². The Bertz CT molecular complexity index is 1250. The van der Waals surface area contributed by atoms with E-state index in [-0.39, 0.29) is 55.2 Å². The van der Waals surface area contributed by atoms with Crippen LogP contribution in [0.3, 0.4) is 0 Å². The van der Waals surface area contributed by atoms with Gasteiger partial charge in [0.05, 0.1) is 35.1 Å². The van der Waals surface area contributed by atoms with Gasteiger partial charge in [-0.2, -0.15) is 4.31 Å². The predicted octanol–water partition coefficient (Wildman–Crippen LogP) is 3.28. The molecule has 1 N–H and O–H groups in total. The third kappa shape index (κ3) is 6.56. The number of piperidine rings is 1. The lowest BCUT2D eigenvalue weighted by Crippen LogP contribution is -2.45. The highest BCUT2D eigenvalue weighted by molar-refractivity contribution is 7.89. The van der Waals surface area contributed by atoms with Gasteiger partial charge in [0.25, 0.3) is 0 Å². The van der Waals surface area contributed by atoms with Crippen molar-refractivity contribution in [3.05, 3.63) is 53.9 Å². The van der Waals surface area contributed by atoms with Crippen LogP contribution in [0.15, 0.2) is 41.4 Å². The molecule has 4 rings (SSSR count). The maximum Gasteiger partial charge on any atom is 0.522 e. The second-order valence-corrected chi connectivity index (χ2v) is 10.9. The van der Waals surface area contributed by atoms with Gasteiger partial charge in [0, 0.05) is 26.1 Å². The van der Waals surface area contributed by atoms with Crippen molar-refractivity contribution in [2.24, 2.45) is 0 Å². The number of carbonyl (C=O) groups is 1. The molecule has 1 amide bonds. The topological polar surface area (TPSA) is 91.8 Å². The van der Waals surface area contributed by atoms with E-state index in [2.05, 4.69) is 15.0 Å². The Morgan fingerprint density at radius 3 is 2.42 bits per heavy atom. The number of hydrogen-bond donors (Lipinski definition) is 1. The van der Waals surface area contributed by atoms with Gasteiger partial charge in [0.1, 0.15) is 18.0 Å². The van der Waals surface area contributed by atoms with E-state index in [4.69, 9.17) is 0 Å². The first-order valence-corrected chi connectivity index (χ1v) is 13.1. The molecule has 2 aliphatic heterocycles. The number of amides is 1. The van der Waals surface area contributed by atoms with Crippen molar-refractivity contribution in [3.8, 4) is 0 Å². The van der Waals surface area contributed by atoms with Gasteiger partial charge in [-0.05, 0) is 43.2 Å². The summed E-state index contributed by atoms with van der Waals surface area (Å²) in [6.07, 6.45) is -6.81. The standard InChI is InChI=1S/C23H24F6N4O4S/c24-14-1-3-18(4-2-14)38(35,36)33-13-15(25)9-21(33)22(34)31-11-16-10-20(19(26)12-30-16)32-7-5-17(6-8-32)37-23(27,28)29/h1-4,10,12,15,17,21H,5-9,11,13H2,(H,31,34)/t15-,21+/m1/s1. The van der Waals surface area contributed by atoms with E-state index in [1.54, 1.807) is 4.90 Å². The second kappa shape index (κ2) is 11.1. The molecule has 2 saturated heterocycles. The van der Waals surface area contributed by atoms with Crippen molar-refractivity contribution in [1.29, 1.82) is 0 Å². The van der Waals surface area contributed by atoms with Crippen molar-refractivity contribution >= 4 is 21.6 Å². The van der Waals surface area contributed by atoms with E-state index < -0.39 is 58.8 Å². The smallest absolute Gasteiger partial charge is 0.369 e. The molecule has 3 heterocycles. The fourth-order valence-corrected chi connectivity index (χ4v) is 6.14. The van der Waals surface area contributed by atoms with E-state index in [0.717, 1.165) is 34.8 Å². The first kappa shape index (κ1) is 28.1. The first-order valence-electron chi connectivity index (χ1n) is 11.7. The van der Waals surface area contributed by atoms with Gasteiger partial charge >= 0.3 is 6.36 Å². The van der Waals surface area contributed by atoms with Crippen molar-refractivity contribution in [2.75, 3.05) is 24.5 Å². The lowest BCUT2D eigenvalue weighted by Gasteiger charge is -2.34. The molecule has 1 aromatic heterocycles. The molecule has 8 nitrogen and oxygen atoms in total. The van der Waals surface area contributed by atoms with Gasteiger partial charge in [0.15, 0.2) is 5.82 Å². The van der Waals surface area contributed by atoms with E-state index in [9.17, 15) is 39.6 Å². The van der Waals surface area contributed by atoms with Gasteiger partial charge in [-0.25, -0.2) is 21.6 Å². The molecule has 0 radical (unpaired) electrons. The summed E-state index contributed by atoms with van der Waals surface area (Å²) in [5.41, 5.74) is 0.283. The number of hydrogen-bond acceptors (Lipinski definition) is 6. The van der Waals surface area contributed by atoms with Gasteiger partial charge in [-0.3, -0.25) is 14.5 Å². The quantitative estimate of drug-likeness (QED) is 0.518. The second-order valence-electron chi connectivity index (χ2n) is 8.97. The first-order chi connectivity index (χ1) is 17.8. The Morgan fingerprint density at radius 1 is 1.13 bits per heavy atom. The molecule has 38 heavy (non-hydrogen) atoms. The van der Waals surface area contributed by atoms with E-state index in [1.165, 1.54) is 6.07 Å². The number of rotatable bonds is 7. The number of halogens is 6. The lowest BCUT2D eigenvalue weighted by atomic mass is 10.1. The summed E-state index contributed by atoms with van der Waals surface area (Å²) in [7, 11) is -4.30. The Labute approximate surface area is 214 Å². The highest BCUT2D eigenvalue weighted by Crippen LogP contribution is 2.30. The third-order valence-electron chi connectivity index (χ3n) is 6.35. The number of benzene rings is 1. The van der Waals surface area contributed by atoms with Gasteiger partial charge in [0.2, 0.25) is 15.9 Å². The number of alkyl halides is 4. The molecule has 0 aliphatic carbocycles. The van der Waals surface area contributed by atoms with Crippen molar-refractivity contribution in [1.82, 2.24) is 14.6 Å². The zero-order chi connectivity index (χ0) is 27.7. The van der Waals surface area contributed by atoms with Gasteiger partial charge < -0.3 is 10.2 Å². The van der Waals surface area contributed by atoms with Crippen LogP contribution < -0.4 is 10.2 Å². The summed E-state index contributed by atoms with van der Waals surface area (Å²) in [5, 5.41) is 2.49. The van der Waals surface area contributed by atoms with Crippen molar-refractivity contribution in [2.45, 2.75) is 55.4 Å². The van der Waals surface area contributed by atoms with Crippen LogP contribution in [-0.4, -0.2) is 67.9 Å². The monoisotopic (exact) mass is 566 g/mol. The average Bonchev–Trinajstić information content (AvgIpc) is 3.26. The fraction of sp³-hybridized carbons (Fsp3) is 0.478. The number of sulfonamides is 1. The molecule has 15 heteroatoms. The van der Waals surface area contributed by atoms with Crippen LogP contribution in [0.1, 0.15) is 25.0 Å². The summed E-state index contributed by atoms with van der Waals surface area (Å²) in [6.45, 7) is -0.588. The molecule has 0 bridgehead atoms. The van der Waals surface area contributed by atoms with Crippen LogP contribution in [-0.2, 0) is 26.1 Å². The molecular weight excluding hydrogens is 542 g/mol. The number of nitrogens with one attached hydrogen (secondary N) is 1. The summed E-state index contributed by atoms with van der Waals surface area (Å²) >= 11 is 0. The highest BCUT2D eigenvalue weighted by atomic mass is 32.2. The van der Waals surface area contributed by atoms with Gasteiger partial charge in [-0.1, -0.05) is 0 Å². The number of ether oxygens (including phenoxy) is 1. The maximum absolute atomic E-state index is 14.4. The molecule has 2 aromatic rings. The van der Waals surface area contributed by atoms with Gasteiger partial charge in [-0.15, -0.1) is 13.2 Å². The molecule has 0 spiro atoms. The van der Waals surface area contributed by atoms with E-state index >= 15 is 0 Å². The van der Waals surface area contributed by atoms with E-state index in [1.807, 2.05) is 0 Å². The largest absolute Gasteiger partial charge is 0.522 e. The Kier molecular flexibility index (Phi) is 8.18. The van der Waals surface area contributed by atoms with Crippen LogP contribution in [0.5, 0.6) is 0 Å². The summed E-state index contributed by atoms with van der Waals surface area (Å²) in [4.78, 5) is 18.0. The predicted molar refractivity (Wildman–Crippen MR) is 122 cm³/mol. The molecule has 0 unspecified atom stereocenters. The minimum Gasteiger partial charge on any atom is -0.369 e. The summed E-state index contributed by atoms with van der Waals surface area (Å²) < 4.78 is 110. The SMILES string of the molecule is O=C(NCc1cc(N2CCC(OC(F)(F)F)CC2)c(F)cn1)[C@@H]1C[C@@H](F)CN1S(=O)(=O)c1ccc(F)cc1. The maximum atomic E-state index is 14.4. The molecule has 1 aromatic carbocycles. The number of pyridine rings is 1. The molecule has 2 aliphatic rings. The van der Waals surface area contributed by atoms with Crippen molar-refractivity contribution in [3.63, 3.8) is 0 Å². The van der Waals surface area contributed by atoms with Crippen LogP contribution in [0.4, 0.5) is 32.0 Å². The number of carbonyl (C=O) groups excluding carboxylic acids is 1. The molecule has 2 fully saturated rings. The Balaban J connectivity index is 1.41. The normalized spacial score (nSPS) is 21.6. The van der Waals surface area contributed by atoms with Crippen molar-refractivity contribution < 1.29 is 44.3 Å². The Morgan fingerprint density at radius 2 is 1.79 bits per heavy atom. The summed E-state index contributed by atoms with van der Waals surface area (Å²) in [6, 6.07) is 3.89. The molecule has 0 saturated carbocycles. The number of anilines is 1. The fourth-order valence-electron chi connectivity index (χ4n) is 4.51. The Hall–Kier alpha value is -2.91. The minimum absolute atomic E-state index is 0.0256. The molecule has 2 atom stereocenters. The zero-order valence-corrected chi connectivity index (χ0v) is 20.6. The minimum atomic E-state index is -4.75.